The summed E-state index contributed by atoms with van der Waals surface area (Å²) in [6.45, 7) is 0. The molecule has 3 aromatic rings. The summed E-state index contributed by atoms with van der Waals surface area (Å²) in [5, 5.41) is 2.76. The number of fused-ring (bicyclic) bond motifs is 1. The van der Waals surface area contributed by atoms with Crippen LogP contribution in [0.5, 0.6) is 11.6 Å². The molecule has 0 amide bonds. The van der Waals surface area contributed by atoms with Crippen LogP contribution in [0.3, 0.4) is 0 Å². The number of H-pyrrole nitrogens is 1. The van der Waals surface area contributed by atoms with E-state index in [2.05, 4.69) is 25.3 Å². The van der Waals surface area contributed by atoms with Crippen LogP contribution >= 0.6 is 11.6 Å². The maximum Gasteiger partial charge on any atom is 0.250 e. The highest BCUT2D eigenvalue weighted by Gasteiger charge is 2.14. The van der Waals surface area contributed by atoms with Gasteiger partial charge in [0.25, 0.3) is 5.88 Å². The Morgan fingerprint density at radius 2 is 2.20 bits per heavy atom. The molecule has 0 saturated heterocycles. The SMILES string of the molecule is CNc1nc(Oc2cccc(Cl)c2F)c2[nH]cnc2n1. The number of ether oxygens (including phenoxy) is 1. The molecule has 3 rings (SSSR count). The third-order valence-corrected chi connectivity index (χ3v) is 2.89. The third-order valence-electron chi connectivity index (χ3n) is 2.60. The second kappa shape index (κ2) is 4.93. The first-order chi connectivity index (χ1) is 9.69. The largest absolute Gasteiger partial charge is 0.434 e. The molecule has 2 heterocycles. The van der Waals surface area contributed by atoms with Crippen molar-refractivity contribution in [1.29, 1.82) is 0 Å². The quantitative estimate of drug-likeness (QED) is 0.776. The summed E-state index contributed by atoms with van der Waals surface area (Å²) in [4.78, 5) is 15.1. The van der Waals surface area contributed by atoms with Gasteiger partial charge in [0.05, 0.1) is 11.3 Å². The molecule has 6 nitrogen and oxygen atoms in total. The number of hydrogen-bond donors (Lipinski definition) is 2. The molecule has 0 unspecified atom stereocenters. The van der Waals surface area contributed by atoms with Gasteiger partial charge < -0.3 is 15.0 Å². The summed E-state index contributed by atoms with van der Waals surface area (Å²) in [6.07, 6.45) is 1.46. The van der Waals surface area contributed by atoms with E-state index < -0.39 is 5.82 Å². The molecule has 0 aliphatic heterocycles. The van der Waals surface area contributed by atoms with Crippen molar-refractivity contribution in [2.45, 2.75) is 0 Å². The number of aromatic nitrogens is 4. The molecule has 0 spiro atoms. The second-order valence-electron chi connectivity index (χ2n) is 3.86. The van der Waals surface area contributed by atoms with Crippen molar-refractivity contribution >= 4 is 28.7 Å². The van der Waals surface area contributed by atoms with Crippen LogP contribution in [-0.4, -0.2) is 27.0 Å². The molecule has 1 aromatic carbocycles. The lowest BCUT2D eigenvalue weighted by molar-refractivity contribution is 0.431. The van der Waals surface area contributed by atoms with E-state index in [1.165, 1.54) is 18.5 Å². The smallest absolute Gasteiger partial charge is 0.250 e. The van der Waals surface area contributed by atoms with E-state index in [4.69, 9.17) is 16.3 Å². The van der Waals surface area contributed by atoms with Crippen LogP contribution in [0.25, 0.3) is 11.2 Å². The van der Waals surface area contributed by atoms with E-state index in [0.717, 1.165) is 0 Å². The van der Waals surface area contributed by atoms with E-state index in [1.54, 1.807) is 13.1 Å². The minimum absolute atomic E-state index is 0.0193. The maximum absolute atomic E-state index is 13.9. The van der Waals surface area contributed by atoms with Crippen LogP contribution in [0.2, 0.25) is 5.02 Å². The molecular formula is C12H9ClFN5O. The highest BCUT2D eigenvalue weighted by atomic mass is 35.5. The van der Waals surface area contributed by atoms with Gasteiger partial charge in [-0.25, -0.2) is 9.37 Å². The predicted molar refractivity (Wildman–Crippen MR) is 72.7 cm³/mol. The minimum atomic E-state index is -0.647. The second-order valence-corrected chi connectivity index (χ2v) is 4.26. The van der Waals surface area contributed by atoms with Crippen LogP contribution in [0.4, 0.5) is 10.3 Å². The number of nitrogens with zero attached hydrogens (tertiary/aromatic N) is 3. The van der Waals surface area contributed by atoms with E-state index in [1.807, 2.05) is 0 Å². The summed E-state index contributed by atoms with van der Waals surface area (Å²) in [5.74, 6) is -0.180. The van der Waals surface area contributed by atoms with Gasteiger partial charge in [-0.05, 0) is 12.1 Å². The molecule has 0 radical (unpaired) electrons. The Kier molecular flexibility index (Phi) is 3.11. The van der Waals surface area contributed by atoms with Gasteiger partial charge in [-0.15, -0.1) is 0 Å². The average molecular weight is 294 g/mol. The van der Waals surface area contributed by atoms with E-state index in [0.29, 0.717) is 17.1 Å². The number of rotatable bonds is 3. The van der Waals surface area contributed by atoms with Gasteiger partial charge in [0.1, 0.15) is 5.52 Å². The summed E-state index contributed by atoms with van der Waals surface area (Å²) < 4.78 is 19.3. The van der Waals surface area contributed by atoms with Crippen LogP contribution in [0, 0.1) is 5.82 Å². The van der Waals surface area contributed by atoms with Crippen LogP contribution in [0.1, 0.15) is 0 Å². The zero-order chi connectivity index (χ0) is 14.1. The lowest BCUT2D eigenvalue weighted by Crippen LogP contribution is -2.00. The fourth-order valence-electron chi connectivity index (χ4n) is 1.66. The van der Waals surface area contributed by atoms with Crippen LogP contribution < -0.4 is 10.1 Å². The molecule has 0 bridgehead atoms. The highest BCUT2D eigenvalue weighted by molar-refractivity contribution is 6.30. The van der Waals surface area contributed by atoms with Crippen molar-refractivity contribution in [3.63, 3.8) is 0 Å². The topological polar surface area (TPSA) is 75.7 Å². The van der Waals surface area contributed by atoms with Gasteiger partial charge in [0.2, 0.25) is 5.95 Å². The first-order valence-electron chi connectivity index (χ1n) is 5.70. The number of aromatic amines is 1. The lowest BCUT2D eigenvalue weighted by Gasteiger charge is -2.08. The number of benzene rings is 1. The molecule has 0 aliphatic carbocycles. The predicted octanol–water partition coefficient (Wildman–Crippen LogP) is 2.98. The molecule has 8 heteroatoms. The molecule has 20 heavy (non-hydrogen) atoms. The number of imidazole rings is 1. The Bertz CT molecular complexity index is 776. The summed E-state index contributed by atoms with van der Waals surface area (Å²) in [7, 11) is 1.66. The fraction of sp³-hybridized carbons (Fsp3) is 0.0833. The van der Waals surface area contributed by atoms with Crippen LogP contribution in [-0.2, 0) is 0 Å². The molecule has 102 valence electrons. The van der Waals surface area contributed by atoms with Crippen molar-refractivity contribution in [1.82, 2.24) is 19.9 Å². The Labute approximate surface area is 118 Å². The highest BCUT2D eigenvalue weighted by Crippen LogP contribution is 2.30. The number of halogens is 2. The molecule has 0 atom stereocenters. The first kappa shape index (κ1) is 12.6. The van der Waals surface area contributed by atoms with Crippen molar-refractivity contribution in [2.75, 3.05) is 12.4 Å². The third kappa shape index (κ3) is 2.12. The van der Waals surface area contributed by atoms with Gasteiger partial charge >= 0.3 is 0 Å². The molecule has 2 aromatic heterocycles. The zero-order valence-corrected chi connectivity index (χ0v) is 11.1. The zero-order valence-electron chi connectivity index (χ0n) is 10.3. The van der Waals surface area contributed by atoms with Gasteiger partial charge in [-0.1, -0.05) is 17.7 Å². The lowest BCUT2D eigenvalue weighted by atomic mass is 10.3. The van der Waals surface area contributed by atoms with Gasteiger partial charge in [0, 0.05) is 7.05 Å². The van der Waals surface area contributed by atoms with E-state index >= 15 is 0 Å². The Balaban J connectivity index is 2.10. The van der Waals surface area contributed by atoms with Gasteiger partial charge in [0.15, 0.2) is 17.2 Å². The molecule has 0 fully saturated rings. The number of anilines is 1. The monoisotopic (exact) mass is 293 g/mol. The van der Waals surface area contributed by atoms with Crippen molar-refractivity contribution < 1.29 is 9.13 Å². The number of nitrogens with one attached hydrogen (secondary N) is 2. The van der Waals surface area contributed by atoms with Crippen molar-refractivity contribution in [2.24, 2.45) is 0 Å². The van der Waals surface area contributed by atoms with Crippen molar-refractivity contribution in [3.05, 3.63) is 35.4 Å². The number of hydrogen-bond acceptors (Lipinski definition) is 5. The Morgan fingerprint density at radius 3 is 3.00 bits per heavy atom. The van der Waals surface area contributed by atoms with Gasteiger partial charge in [-0.3, -0.25) is 0 Å². The molecule has 0 saturated carbocycles. The average Bonchev–Trinajstić information content (AvgIpc) is 2.92. The summed E-state index contributed by atoms with van der Waals surface area (Å²) >= 11 is 5.72. The summed E-state index contributed by atoms with van der Waals surface area (Å²) in [5.41, 5.74) is 0.894. The van der Waals surface area contributed by atoms with E-state index in [9.17, 15) is 4.39 Å². The fourth-order valence-corrected chi connectivity index (χ4v) is 1.83. The Morgan fingerprint density at radius 1 is 1.35 bits per heavy atom. The molecular weight excluding hydrogens is 285 g/mol. The van der Waals surface area contributed by atoms with E-state index in [-0.39, 0.29) is 16.7 Å². The Hall–Kier alpha value is -2.41. The first-order valence-corrected chi connectivity index (χ1v) is 6.07. The summed E-state index contributed by atoms with van der Waals surface area (Å²) in [6, 6.07) is 4.49. The normalized spacial score (nSPS) is 10.8. The van der Waals surface area contributed by atoms with Gasteiger partial charge in [-0.2, -0.15) is 9.97 Å². The molecule has 2 N–H and O–H groups in total. The standard InChI is InChI=1S/C12H9ClFN5O/c1-15-12-18-10-9(16-5-17-10)11(19-12)20-7-4-2-3-6(13)8(7)14/h2-5H,1H3,(H2,15,16,17,18,19). The maximum atomic E-state index is 13.9. The van der Waals surface area contributed by atoms with Crippen LogP contribution in [0.15, 0.2) is 24.5 Å². The minimum Gasteiger partial charge on any atom is -0.434 e. The van der Waals surface area contributed by atoms with Crippen molar-refractivity contribution in [3.8, 4) is 11.6 Å². The molecule has 0 aliphatic rings.